The number of benzene rings is 2. The summed E-state index contributed by atoms with van der Waals surface area (Å²) in [4.78, 5) is 0. The van der Waals surface area contributed by atoms with E-state index in [4.69, 9.17) is 16.3 Å². The monoisotopic (exact) mass is 361 g/mol. The zero-order valence-electron chi connectivity index (χ0n) is 10.5. The van der Waals surface area contributed by atoms with E-state index in [0.29, 0.717) is 21.6 Å². The Labute approximate surface area is 128 Å². The standard InChI is InChI=1S/C14H11BrClF2NO/c1-19-7-8-4-11(17)14(12(18)5-8)20-13-3-2-9(16)6-10(13)15/h2-6,19H,7H2,1H3. The van der Waals surface area contributed by atoms with Crippen LogP contribution in [0.2, 0.25) is 5.02 Å². The van der Waals surface area contributed by atoms with Gasteiger partial charge in [0.05, 0.1) is 4.47 Å². The fourth-order valence-corrected chi connectivity index (χ4v) is 2.45. The predicted octanol–water partition coefficient (Wildman–Crippen LogP) is 4.89. The van der Waals surface area contributed by atoms with Gasteiger partial charge in [0.2, 0.25) is 0 Å². The number of hydrogen-bond acceptors (Lipinski definition) is 2. The van der Waals surface area contributed by atoms with E-state index in [9.17, 15) is 8.78 Å². The Morgan fingerprint density at radius 2 is 1.85 bits per heavy atom. The summed E-state index contributed by atoms with van der Waals surface area (Å²) < 4.78 is 33.6. The Bertz CT molecular complexity index is 614. The normalized spacial score (nSPS) is 10.7. The highest BCUT2D eigenvalue weighted by molar-refractivity contribution is 9.10. The minimum absolute atomic E-state index is 0.286. The second-order valence-electron chi connectivity index (χ2n) is 4.10. The topological polar surface area (TPSA) is 21.3 Å². The maximum absolute atomic E-state index is 13.9. The molecule has 0 aliphatic heterocycles. The quantitative estimate of drug-likeness (QED) is 0.836. The van der Waals surface area contributed by atoms with Gasteiger partial charge >= 0.3 is 0 Å². The molecule has 0 unspecified atom stereocenters. The smallest absolute Gasteiger partial charge is 0.198 e. The molecule has 0 fully saturated rings. The zero-order chi connectivity index (χ0) is 14.7. The van der Waals surface area contributed by atoms with Crippen molar-refractivity contribution in [2.24, 2.45) is 0 Å². The zero-order valence-corrected chi connectivity index (χ0v) is 12.9. The lowest BCUT2D eigenvalue weighted by atomic mass is 10.2. The Kier molecular flexibility index (Phi) is 4.96. The highest BCUT2D eigenvalue weighted by Gasteiger charge is 2.15. The third-order valence-electron chi connectivity index (χ3n) is 2.54. The van der Waals surface area contributed by atoms with E-state index < -0.39 is 17.4 Å². The van der Waals surface area contributed by atoms with Crippen LogP contribution in [0.3, 0.4) is 0 Å². The SMILES string of the molecule is CNCc1cc(F)c(Oc2ccc(Cl)cc2Br)c(F)c1. The highest BCUT2D eigenvalue weighted by atomic mass is 79.9. The Hall–Kier alpha value is -1.17. The first-order valence-electron chi connectivity index (χ1n) is 5.76. The van der Waals surface area contributed by atoms with Crippen LogP contribution in [0.5, 0.6) is 11.5 Å². The van der Waals surface area contributed by atoms with Crippen LogP contribution >= 0.6 is 27.5 Å². The van der Waals surface area contributed by atoms with E-state index in [1.165, 1.54) is 18.2 Å². The lowest BCUT2D eigenvalue weighted by Crippen LogP contribution is -2.06. The summed E-state index contributed by atoms with van der Waals surface area (Å²) in [5, 5.41) is 3.32. The van der Waals surface area contributed by atoms with Gasteiger partial charge in [-0.1, -0.05) is 11.6 Å². The lowest BCUT2D eigenvalue weighted by molar-refractivity contribution is 0.404. The van der Waals surface area contributed by atoms with Crippen molar-refractivity contribution in [1.29, 1.82) is 0 Å². The van der Waals surface area contributed by atoms with E-state index in [1.807, 2.05) is 0 Å². The Morgan fingerprint density at radius 3 is 2.40 bits per heavy atom. The summed E-state index contributed by atoms with van der Waals surface area (Å²) in [6.07, 6.45) is 0. The molecule has 2 aromatic carbocycles. The largest absolute Gasteiger partial charge is 0.450 e. The first-order chi connectivity index (χ1) is 9.51. The Morgan fingerprint density at radius 1 is 1.20 bits per heavy atom. The van der Waals surface area contributed by atoms with Crippen molar-refractivity contribution in [3.05, 3.63) is 57.0 Å². The Balaban J connectivity index is 2.33. The van der Waals surface area contributed by atoms with Gasteiger partial charge in [-0.25, -0.2) is 8.78 Å². The molecular weight excluding hydrogens is 352 g/mol. The van der Waals surface area contributed by atoms with Crippen molar-refractivity contribution < 1.29 is 13.5 Å². The molecule has 0 bridgehead atoms. The van der Waals surface area contributed by atoms with E-state index in [2.05, 4.69) is 21.2 Å². The minimum Gasteiger partial charge on any atom is -0.450 e. The van der Waals surface area contributed by atoms with Crippen LogP contribution in [-0.2, 0) is 6.54 Å². The molecule has 0 aromatic heterocycles. The van der Waals surface area contributed by atoms with Gasteiger partial charge in [0.15, 0.2) is 17.4 Å². The number of rotatable bonds is 4. The summed E-state index contributed by atoms with van der Waals surface area (Å²) in [7, 11) is 1.70. The average molecular weight is 363 g/mol. The number of halogens is 4. The summed E-state index contributed by atoms with van der Waals surface area (Å²) >= 11 is 9.03. The van der Waals surface area contributed by atoms with Gasteiger partial charge in [0.25, 0.3) is 0 Å². The van der Waals surface area contributed by atoms with Gasteiger partial charge in [-0.2, -0.15) is 0 Å². The van der Waals surface area contributed by atoms with Crippen LogP contribution in [0.1, 0.15) is 5.56 Å². The van der Waals surface area contributed by atoms with Crippen molar-refractivity contribution >= 4 is 27.5 Å². The van der Waals surface area contributed by atoms with E-state index >= 15 is 0 Å². The summed E-state index contributed by atoms with van der Waals surface area (Å²) in [5.41, 5.74) is 0.505. The van der Waals surface area contributed by atoms with E-state index in [-0.39, 0.29) is 5.75 Å². The second kappa shape index (κ2) is 6.52. The molecule has 2 rings (SSSR count). The molecule has 106 valence electrons. The van der Waals surface area contributed by atoms with Crippen molar-refractivity contribution in [3.63, 3.8) is 0 Å². The van der Waals surface area contributed by atoms with Gasteiger partial charge in [-0.15, -0.1) is 0 Å². The predicted molar refractivity (Wildman–Crippen MR) is 78.3 cm³/mol. The van der Waals surface area contributed by atoms with Gasteiger partial charge < -0.3 is 10.1 Å². The molecule has 2 nitrogen and oxygen atoms in total. The second-order valence-corrected chi connectivity index (χ2v) is 5.39. The summed E-state index contributed by atoms with van der Waals surface area (Å²) in [6, 6.07) is 7.17. The van der Waals surface area contributed by atoms with Crippen molar-refractivity contribution in [2.75, 3.05) is 7.05 Å². The van der Waals surface area contributed by atoms with E-state index in [0.717, 1.165) is 0 Å². The molecule has 0 radical (unpaired) electrons. The molecule has 1 N–H and O–H groups in total. The van der Waals surface area contributed by atoms with Crippen LogP contribution in [0.4, 0.5) is 8.78 Å². The van der Waals surface area contributed by atoms with Gasteiger partial charge in [-0.3, -0.25) is 0 Å². The first-order valence-corrected chi connectivity index (χ1v) is 6.93. The molecule has 0 heterocycles. The molecule has 0 saturated carbocycles. The van der Waals surface area contributed by atoms with Gasteiger partial charge in [-0.05, 0) is 58.9 Å². The fraction of sp³-hybridized carbons (Fsp3) is 0.143. The molecule has 0 spiro atoms. The molecule has 0 atom stereocenters. The molecule has 2 aromatic rings. The minimum atomic E-state index is -0.753. The molecule has 20 heavy (non-hydrogen) atoms. The van der Waals surface area contributed by atoms with Gasteiger partial charge in [0, 0.05) is 11.6 Å². The first kappa shape index (κ1) is 15.2. The lowest BCUT2D eigenvalue weighted by Gasteiger charge is -2.11. The molecule has 0 amide bonds. The number of nitrogens with one attached hydrogen (secondary N) is 1. The van der Waals surface area contributed by atoms with Crippen molar-refractivity contribution in [2.45, 2.75) is 6.54 Å². The molecule has 0 saturated heterocycles. The van der Waals surface area contributed by atoms with Crippen LogP contribution in [0.25, 0.3) is 0 Å². The fourth-order valence-electron chi connectivity index (χ4n) is 1.68. The van der Waals surface area contributed by atoms with E-state index in [1.54, 1.807) is 19.2 Å². The van der Waals surface area contributed by atoms with Crippen LogP contribution in [-0.4, -0.2) is 7.05 Å². The van der Waals surface area contributed by atoms with Crippen molar-refractivity contribution in [3.8, 4) is 11.5 Å². The van der Waals surface area contributed by atoms with Crippen LogP contribution in [0.15, 0.2) is 34.8 Å². The number of ether oxygens (including phenoxy) is 1. The van der Waals surface area contributed by atoms with Crippen LogP contribution < -0.4 is 10.1 Å². The molecule has 0 aliphatic rings. The summed E-state index contributed by atoms with van der Waals surface area (Å²) in [5.74, 6) is -1.66. The maximum atomic E-state index is 13.9. The number of hydrogen-bond donors (Lipinski definition) is 1. The average Bonchev–Trinajstić information content (AvgIpc) is 2.36. The molecule has 0 aliphatic carbocycles. The molecular formula is C14H11BrClF2NO. The third-order valence-corrected chi connectivity index (χ3v) is 3.40. The van der Waals surface area contributed by atoms with Crippen molar-refractivity contribution in [1.82, 2.24) is 5.32 Å². The maximum Gasteiger partial charge on any atom is 0.198 e. The van der Waals surface area contributed by atoms with Gasteiger partial charge in [0.1, 0.15) is 5.75 Å². The third kappa shape index (κ3) is 3.48. The molecule has 6 heteroatoms. The highest BCUT2D eigenvalue weighted by Crippen LogP contribution is 2.34. The summed E-state index contributed by atoms with van der Waals surface area (Å²) in [6.45, 7) is 0.374. The van der Waals surface area contributed by atoms with Crippen LogP contribution in [0, 0.1) is 11.6 Å².